The van der Waals surface area contributed by atoms with Gasteiger partial charge in [0.15, 0.2) is 0 Å². The van der Waals surface area contributed by atoms with Gasteiger partial charge in [0.2, 0.25) is 0 Å². The Labute approximate surface area is 124 Å². The highest BCUT2D eigenvalue weighted by Crippen LogP contribution is 2.22. The molecule has 0 radical (unpaired) electrons. The molecule has 19 heavy (non-hydrogen) atoms. The molecule has 0 aliphatic carbocycles. The van der Waals surface area contributed by atoms with Crippen LogP contribution in [0.2, 0.25) is 0 Å². The van der Waals surface area contributed by atoms with Gasteiger partial charge in [-0.05, 0) is 41.1 Å². The summed E-state index contributed by atoms with van der Waals surface area (Å²) in [5.74, 6) is -0.309. The summed E-state index contributed by atoms with van der Waals surface area (Å²) in [4.78, 5) is 14.1. The van der Waals surface area contributed by atoms with Crippen LogP contribution in [-0.2, 0) is 4.74 Å². The lowest BCUT2D eigenvalue weighted by molar-refractivity contribution is -0.0570. The molecule has 2 unspecified atom stereocenters. The Morgan fingerprint density at radius 1 is 1.58 bits per heavy atom. The molecule has 1 fully saturated rings. The monoisotopic (exact) mass is 349 g/mol. The van der Waals surface area contributed by atoms with Crippen LogP contribution in [-0.4, -0.2) is 42.0 Å². The Morgan fingerprint density at radius 3 is 3.00 bits per heavy atom. The molecular formula is C13H14BrClFNO2. The zero-order valence-corrected chi connectivity index (χ0v) is 12.7. The topological polar surface area (TPSA) is 29.5 Å². The maximum atomic E-state index is 13.3. The minimum Gasteiger partial charge on any atom is -0.370 e. The molecule has 0 saturated carbocycles. The van der Waals surface area contributed by atoms with Crippen molar-refractivity contribution in [3.63, 3.8) is 0 Å². The molecule has 3 nitrogen and oxygen atoms in total. The average molecular weight is 351 g/mol. The van der Waals surface area contributed by atoms with E-state index in [-0.39, 0.29) is 18.1 Å². The molecule has 1 aromatic rings. The quantitative estimate of drug-likeness (QED) is 0.767. The van der Waals surface area contributed by atoms with Crippen LogP contribution in [0, 0.1) is 5.82 Å². The van der Waals surface area contributed by atoms with Gasteiger partial charge in [-0.25, -0.2) is 4.39 Å². The second-order valence-corrected chi connectivity index (χ2v) is 5.72. The molecule has 6 heteroatoms. The standard InChI is InChI=1S/C13H14BrClFNO2/c1-8-6-17(7-10(5-15)19-8)13(18)11-4-9(16)2-3-12(11)14/h2-4,8,10H,5-7H2,1H3. The summed E-state index contributed by atoms with van der Waals surface area (Å²) in [6, 6.07) is 4.08. The molecule has 104 valence electrons. The number of carbonyl (C=O) groups is 1. The molecule has 2 atom stereocenters. The van der Waals surface area contributed by atoms with Crippen molar-refractivity contribution in [1.29, 1.82) is 0 Å². The maximum absolute atomic E-state index is 13.3. The third-order valence-corrected chi connectivity index (χ3v) is 3.98. The molecule has 1 heterocycles. The van der Waals surface area contributed by atoms with Crippen molar-refractivity contribution >= 4 is 33.4 Å². The number of ether oxygens (including phenoxy) is 1. The first kappa shape index (κ1) is 14.8. The van der Waals surface area contributed by atoms with Crippen LogP contribution in [0.3, 0.4) is 0 Å². The van der Waals surface area contributed by atoms with Gasteiger partial charge >= 0.3 is 0 Å². The first-order valence-electron chi connectivity index (χ1n) is 5.97. The highest BCUT2D eigenvalue weighted by Gasteiger charge is 2.29. The minimum absolute atomic E-state index is 0.0752. The molecular weight excluding hydrogens is 337 g/mol. The molecule has 0 N–H and O–H groups in total. The predicted octanol–water partition coefficient (Wildman–Crippen LogP) is 3.06. The Balaban J connectivity index is 2.21. The van der Waals surface area contributed by atoms with Gasteiger partial charge in [0.05, 0.1) is 23.7 Å². The van der Waals surface area contributed by atoms with Crippen LogP contribution in [0.25, 0.3) is 0 Å². The largest absolute Gasteiger partial charge is 0.370 e. The Hall–Kier alpha value is -0.650. The van der Waals surface area contributed by atoms with E-state index in [4.69, 9.17) is 16.3 Å². The van der Waals surface area contributed by atoms with E-state index < -0.39 is 5.82 Å². The van der Waals surface area contributed by atoms with E-state index in [0.717, 1.165) is 0 Å². The number of hydrogen-bond acceptors (Lipinski definition) is 2. The summed E-state index contributed by atoms with van der Waals surface area (Å²) < 4.78 is 19.4. The molecule has 1 aromatic carbocycles. The molecule has 1 saturated heterocycles. The number of alkyl halides is 1. The molecule has 2 rings (SSSR count). The number of nitrogens with zero attached hydrogens (tertiary/aromatic N) is 1. The van der Waals surface area contributed by atoms with Crippen LogP contribution in [0.4, 0.5) is 4.39 Å². The summed E-state index contributed by atoms with van der Waals surface area (Å²) in [5, 5.41) is 0. The zero-order valence-electron chi connectivity index (χ0n) is 10.4. The Bertz CT molecular complexity index is 486. The molecule has 0 aromatic heterocycles. The Kier molecular flexibility index (Phi) is 4.81. The summed E-state index contributed by atoms with van der Waals surface area (Å²) in [6.07, 6.45) is -0.254. The van der Waals surface area contributed by atoms with E-state index in [0.29, 0.717) is 29.0 Å². The number of halogens is 3. The highest BCUT2D eigenvalue weighted by molar-refractivity contribution is 9.10. The first-order chi connectivity index (χ1) is 9.01. The van der Waals surface area contributed by atoms with Gasteiger partial charge in [-0.2, -0.15) is 0 Å². The summed E-state index contributed by atoms with van der Waals surface area (Å²) in [7, 11) is 0. The van der Waals surface area contributed by atoms with E-state index >= 15 is 0 Å². The number of amides is 1. The van der Waals surface area contributed by atoms with Gasteiger partial charge in [0.25, 0.3) is 5.91 Å². The van der Waals surface area contributed by atoms with Crippen molar-refractivity contribution in [2.75, 3.05) is 19.0 Å². The van der Waals surface area contributed by atoms with Crippen LogP contribution >= 0.6 is 27.5 Å². The molecule has 1 aliphatic rings. The number of hydrogen-bond donors (Lipinski definition) is 0. The predicted molar refractivity (Wildman–Crippen MR) is 75.1 cm³/mol. The smallest absolute Gasteiger partial charge is 0.255 e. The van der Waals surface area contributed by atoms with Gasteiger partial charge in [-0.15, -0.1) is 11.6 Å². The average Bonchev–Trinajstić information content (AvgIpc) is 2.40. The molecule has 1 aliphatic heterocycles. The fourth-order valence-electron chi connectivity index (χ4n) is 2.13. The normalized spacial score (nSPS) is 23.5. The number of morpholine rings is 1. The zero-order chi connectivity index (χ0) is 14.0. The SMILES string of the molecule is CC1CN(C(=O)c2cc(F)ccc2Br)CC(CCl)O1. The second-order valence-electron chi connectivity index (χ2n) is 4.56. The van der Waals surface area contributed by atoms with E-state index in [1.807, 2.05) is 6.92 Å². The van der Waals surface area contributed by atoms with E-state index in [1.54, 1.807) is 4.90 Å². The van der Waals surface area contributed by atoms with Crippen molar-refractivity contribution < 1.29 is 13.9 Å². The van der Waals surface area contributed by atoms with Crippen molar-refractivity contribution in [3.8, 4) is 0 Å². The molecule has 1 amide bonds. The number of benzene rings is 1. The van der Waals surface area contributed by atoms with Crippen LogP contribution < -0.4 is 0 Å². The Morgan fingerprint density at radius 2 is 2.32 bits per heavy atom. The summed E-state index contributed by atoms with van der Waals surface area (Å²) in [6.45, 7) is 2.80. The lowest BCUT2D eigenvalue weighted by Gasteiger charge is -2.36. The summed E-state index contributed by atoms with van der Waals surface area (Å²) in [5.41, 5.74) is 0.322. The van der Waals surface area contributed by atoms with E-state index in [2.05, 4.69) is 15.9 Å². The van der Waals surface area contributed by atoms with Gasteiger partial charge in [-0.3, -0.25) is 4.79 Å². The van der Waals surface area contributed by atoms with Crippen LogP contribution in [0.1, 0.15) is 17.3 Å². The fourth-order valence-corrected chi connectivity index (χ4v) is 2.71. The van der Waals surface area contributed by atoms with Crippen LogP contribution in [0.15, 0.2) is 22.7 Å². The molecule has 0 bridgehead atoms. The van der Waals surface area contributed by atoms with Gasteiger partial charge < -0.3 is 9.64 Å². The first-order valence-corrected chi connectivity index (χ1v) is 7.29. The van der Waals surface area contributed by atoms with Crippen LogP contribution in [0.5, 0.6) is 0 Å². The van der Waals surface area contributed by atoms with Gasteiger partial charge in [0.1, 0.15) is 5.82 Å². The third-order valence-electron chi connectivity index (χ3n) is 2.94. The van der Waals surface area contributed by atoms with Gasteiger partial charge in [0, 0.05) is 17.6 Å². The van der Waals surface area contributed by atoms with Crippen molar-refractivity contribution in [3.05, 3.63) is 34.1 Å². The fraction of sp³-hybridized carbons (Fsp3) is 0.462. The lowest BCUT2D eigenvalue weighted by Crippen LogP contribution is -2.49. The van der Waals surface area contributed by atoms with Crippen molar-refractivity contribution in [2.24, 2.45) is 0 Å². The van der Waals surface area contributed by atoms with E-state index in [9.17, 15) is 9.18 Å². The summed E-state index contributed by atoms with van der Waals surface area (Å²) >= 11 is 9.06. The van der Waals surface area contributed by atoms with Crippen molar-refractivity contribution in [2.45, 2.75) is 19.1 Å². The number of rotatable bonds is 2. The third kappa shape index (κ3) is 3.46. The second kappa shape index (κ2) is 6.20. The number of carbonyl (C=O) groups excluding carboxylic acids is 1. The molecule has 0 spiro atoms. The van der Waals surface area contributed by atoms with Crippen molar-refractivity contribution in [1.82, 2.24) is 4.90 Å². The highest BCUT2D eigenvalue weighted by atomic mass is 79.9. The van der Waals surface area contributed by atoms with E-state index in [1.165, 1.54) is 18.2 Å². The van der Waals surface area contributed by atoms with Gasteiger partial charge in [-0.1, -0.05) is 0 Å². The maximum Gasteiger partial charge on any atom is 0.255 e. The lowest BCUT2D eigenvalue weighted by atomic mass is 10.1. The minimum atomic E-state index is -0.429.